The van der Waals surface area contributed by atoms with E-state index in [0.29, 0.717) is 32.1 Å². The quantitative estimate of drug-likeness (QED) is 0.463. The fourth-order valence-corrected chi connectivity index (χ4v) is 6.30. The Kier molecular flexibility index (Phi) is 5.94. The number of rotatable bonds is 7. The van der Waals surface area contributed by atoms with Crippen LogP contribution in [0.15, 0.2) is 0 Å². The number of ether oxygens (including phenoxy) is 2. The minimum Gasteiger partial charge on any atom is -0.459 e. The summed E-state index contributed by atoms with van der Waals surface area (Å²) in [5.74, 6) is -3.55. The van der Waals surface area contributed by atoms with Crippen LogP contribution in [0.5, 0.6) is 0 Å². The minimum atomic E-state index is -5.14. The Hall–Kier alpha value is -1.36. The van der Waals surface area contributed by atoms with Crippen molar-refractivity contribution in [3.8, 4) is 0 Å². The predicted octanol–water partition coefficient (Wildman–Crippen LogP) is 3.28. The molecule has 30 heavy (non-hydrogen) atoms. The molecule has 11 heteroatoms. The standard InChI is InChI=1S/C19H27F3O7S/c1-3-11(2)15(23)29-18-7-12-4-13(8-18)6-17(5-12,10-18)16(24)28-14(19(20,21)22)9-30(25,26)27/h11-14H,3-10H2,1-2H3,(H,25,26,27). The van der Waals surface area contributed by atoms with E-state index in [1.54, 1.807) is 6.92 Å². The molecule has 0 saturated heterocycles. The van der Waals surface area contributed by atoms with Crippen molar-refractivity contribution in [2.24, 2.45) is 23.2 Å². The third kappa shape index (κ3) is 4.76. The second-order valence-electron chi connectivity index (χ2n) is 9.34. The highest BCUT2D eigenvalue weighted by atomic mass is 32.2. The summed E-state index contributed by atoms with van der Waals surface area (Å²) >= 11 is 0. The number of halogens is 3. The molecule has 172 valence electrons. The molecule has 0 amide bonds. The molecule has 4 bridgehead atoms. The van der Waals surface area contributed by atoms with Gasteiger partial charge in [-0.3, -0.25) is 14.1 Å². The zero-order valence-corrected chi connectivity index (χ0v) is 17.7. The summed E-state index contributed by atoms with van der Waals surface area (Å²) in [4.78, 5) is 25.3. The summed E-state index contributed by atoms with van der Waals surface area (Å²) in [5, 5.41) is 0. The largest absolute Gasteiger partial charge is 0.459 e. The van der Waals surface area contributed by atoms with Gasteiger partial charge in [-0.1, -0.05) is 13.8 Å². The maximum Gasteiger partial charge on any atom is 0.426 e. The highest BCUT2D eigenvalue weighted by molar-refractivity contribution is 7.85. The van der Waals surface area contributed by atoms with Gasteiger partial charge in [-0.15, -0.1) is 0 Å². The predicted molar refractivity (Wildman–Crippen MR) is 97.7 cm³/mol. The smallest absolute Gasteiger partial charge is 0.426 e. The normalized spacial score (nSPS) is 35.0. The SMILES string of the molecule is CCC(C)C(=O)OC12CC3CC(C1)CC(C(=O)OC(CS(=O)(=O)O)C(F)(F)F)(C3)C2. The maximum absolute atomic E-state index is 13.2. The molecule has 0 aliphatic heterocycles. The van der Waals surface area contributed by atoms with Gasteiger partial charge < -0.3 is 9.47 Å². The molecule has 1 N–H and O–H groups in total. The summed E-state index contributed by atoms with van der Waals surface area (Å²) in [7, 11) is -5.02. The first-order valence-corrected chi connectivity index (χ1v) is 11.7. The molecule has 4 rings (SSSR count). The Morgan fingerprint density at radius 3 is 2.20 bits per heavy atom. The van der Waals surface area contributed by atoms with Crippen molar-refractivity contribution >= 4 is 22.1 Å². The molecular weight excluding hydrogens is 429 g/mol. The van der Waals surface area contributed by atoms with Crippen LogP contribution < -0.4 is 0 Å². The topological polar surface area (TPSA) is 107 Å². The van der Waals surface area contributed by atoms with E-state index in [-0.39, 0.29) is 30.1 Å². The molecule has 4 saturated carbocycles. The van der Waals surface area contributed by atoms with Gasteiger partial charge in [0.2, 0.25) is 6.10 Å². The van der Waals surface area contributed by atoms with Gasteiger partial charge >= 0.3 is 18.1 Å². The van der Waals surface area contributed by atoms with Crippen LogP contribution in [-0.4, -0.2) is 48.5 Å². The molecule has 0 aromatic rings. The first kappa shape index (κ1) is 23.3. The molecule has 0 aromatic heterocycles. The Balaban J connectivity index is 1.82. The molecule has 0 aromatic carbocycles. The Morgan fingerprint density at radius 2 is 1.73 bits per heavy atom. The van der Waals surface area contributed by atoms with E-state index in [2.05, 4.69) is 4.74 Å². The van der Waals surface area contributed by atoms with Gasteiger partial charge in [-0.2, -0.15) is 21.6 Å². The summed E-state index contributed by atoms with van der Waals surface area (Å²) in [6.45, 7) is 3.58. The van der Waals surface area contributed by atoms with E-state index >= 15 is 0 Å². The lowest BCUT2D eigenvalue weighted by Gasteiger charge is -2.60. The van der Waals surface area contributed by atoms with Crippen LogP contribution in [0.1, 0.15) is 58.8 Å². The van der Waals surface area contributed by atoms with Crippen molar-refractivity contribution in [3.05, 3.63) is 0 Å². The number of carbonyl (C=O) groups is 2. The van der Waals surface area contributed by atoms with Crippen LogP contribution in [0.3, 0.4) is 0 Å². The Labute approximate surface area is 173 Å². The van der Waals surface area contributed by atoms with Crippen LogP contribution in [0.2, 0.25) is 0 Å². The fourth-order valence-electron chi connectivity index (χ4n) is 5.66. The summed E-state index contributed by atoms with van der Waals surface area (Å²) < 4.78 is 81.0. The molecule has 4 atom stereocenters. The van der Waals surface area contributed by atoms with Gasteiger partial charge in [-0.25, -0.2) is 0 Å². The number of hydrogen-bond donors (Lipinski definition) is 1. The van der Waals surface area contributed by atoms with Crippen molar-refractivity contribution in [3.63, 3.8) is 0 Å². The van der Waals surface area contributed by atoms with E-state index in [0.717, 1.165) is 6.42 Å². The van der Waals surface area contributed by atoms with E-state index in [9.17, 15) is 31.2 Å². The van der Waals surface area contributed by atoms with Gasteiger partial charge in [0.05, 0.1) is 11.3 Å². The third-order valence-electron chi connectivity index (χ3n) is 6.75. The van der Waals surface area contributed by atoms with E-state index in [4.69, 9.17) is 9.29 Å². The van der Waals surface area contributed by atoms with Crippen molar-refractivity contribution in [2.75, 3.05) is 5.75 Å². The highest BCUT2D eigenvalue weighted by Crippen LogP contribution is 2.63. The molecule has 4 aliphatic carbocycles. The summed E-state index contributed by atoms with van der Waals surface area (Å²) in [6.07, 6.45) is -4.86. The first-order valence-electron chi connectivity index (χ1n) is 10.1. The second kappa shape index (κ2) is 7.65. The number of hydrogen-bond acceptors (Lipinski definition) is 6. The monoisotopic (exact) mass is 456 g/mol. The zero-order valence-electron chi connectivity index (χ0n) is 16.9. The van der Waals surface area contributed by atoms with Gasteiger partial charge in [0.25, 0.3) is 10.1 Å². The lowest BCUT2D eigenvalue weighted by Crippen LogP contribution is -2.61. The average Bonchev–Trinajstić information content (AvgIpc) is 2.56. The van der Waals surface area contributed by atoms with Crippen molar-refractivity contribution in [1.29, 1.82) is 0 Å². The van der Waals surface area contributed by atoms with E-state index in [1.807, 2.05) is 6.92 Å². The molecule has 4 aliphatic rings. The van der Waals surface area contributed by atoms with Crippen molar-refractivity contribution < 1.29 is 45.2 Å². The van der Waals surface area contributed by atoms with Gasteiger partial charge in [0, 0.05) is 6.42 Å². The van der Waals surface area contributed by atoms with Crippen LogP contribution in [0, 0.1) is 23.2 Å². The molecule has 7 nitrogen and oxygen atoms in total. The van der Waals surface area contributed by atoms with Gasteiger partial charge in [0.1, 0.15) is 11.4 Å². The van der Waals surface area contributed by atoms with Crippen molar-refractivity contribution in [2.45, 2.75) is 76.7 Å². The number of esters is 2. The Morgan fingerprint density at radius 1 is 1.17 bits per heavy atom. The maximum atomic E-state index is 13.2. The summed E-state index contributed by atoms with van der Waals surface area (Å²) in [5.41, 5.74) is -2.15. The first-order chi connectivity index (χ1) is 13.7. The van der Waals surface area contributed by atoms with Gasteiger partial charge in [0.15, 0.2) is 0 Å². The van der Waals surface area contributed by atoms with Crippen LogP contribution in [0.25, 0.3) is 0 Å². The Bertz CT molecular complexity index is 793. The molecule has 0 spiro atoms. The molecule has 0 radical (unpaired) electrons. The van der Waals surface area contributed by atoms with Gasteiger partial charge in [-0.05, 0) is 50.4 Å². The zero-order chi connectivity index (χ0) is 22.5. The van der Waals surface area contributed by atoms with Crippen LogP contribution in [0.4, 0.5) is 13.2 Å². The third-order valence-corrected chi connectivity index (χ3v) is 7.47. The second-order valence-corrected chi connectivity index (χ2v) is 10.8. The lowest BCUT2D eigenvalue weighted by atomic mass is 9.48. The van der Waals surface area contributed by atoms with E-state index in [1.165, 1.54) is 0 Å². The van der Waals surface area contributed by atoms with Crippen LogP contribution >= 0.6 is 0 Å². The van der Waals surface area contributed by atoms with Crippen LogP contribution in [-0.2, 0) is 29.2 Å². The van der Waals surface area contributed by atoms with Crippen molar-refractivity contribution in [1.82, 2.24) is 0 Å². The van der Waals surface area contributed by atoms with E-state index < -0.39 is 45.1 Å². The minimum absolute atomic E-state index is 0.0226. The number of alkyl halides is 3. The molecule has 4 unspecified atom stereocenters. The molecule has 0 heterocycles. The highest BCUT2D eigenvalue weighted by Gasteiger charge is 2.64. The molecule has 4 fully saturated rings. The molecular formula is C19H27F3O7S. The number of carbonyl (C=O) groups excluding carboxylic acids is 2. The average molecular weight is 456 g/mol. The summed E-state index contributed by atoms with van der Waals surface area (Å²) in [6, 6.07) is 0. The fraction of sp³-hybridized carbons (Fsp3) is 0.895. The lowest BCUT2D eigenvalue weighted by molar-refractivity contribution is -0.238.